The van der Waals surface area contributed by atoms with Gasteiger partial charge in [0.15, 0.2) is 21.3 Å². The Labute approximate surface area is 271 Å². The molecule has 0 amide bonds. The van der Waals surface area contributed by atoms with Crippen molar-refractivity contribution in [2.75, 3.05) is 46.2 Å². The molecule has 0 bridgehead atoms. The summed E-state index contributed by atoms with van der Waals surface area (Å²) in [6.07, 6.45) is 7.80. The number of methoxy groups -OCH3 is 2. The quantitative estimate of drug-likeness (QED) is 0.136. The fourth-order valence-electron chi connectivity index (χ4n) is 7.25. The van der Waals surface area contributed by atoms with Crippen LogP contribution < -0.4 is 14.2 Å². The van der Waals surface area contributed by atoms with Crippen LogP contribution in [0.2, 0.25) is 0 Å². The van der Waals surface area contributed by atoms with E-state index in [9.17, 15) is 12.8 Å². The number of benzene rings is 2. The zero-order valence-electron chi connectivity index (χ0n) is 27.8. The molecule has 1 saturated carbocycles. The zero-order valence-corrected chi connectivity index (χ0v) is 28.6. The van der Waals surface area contributed by atoms with Gasteiger partial charge in [-0.2, -0.15) is 0 Å². The molecule has 2 fully saturated rings. The molecule has 2 atom stereocenters. The van der Waals surface area contributed by atoms with Crippen LogP contribution in [0.5, 0.6) is 17.2 Å². The highest BCUT2D eigenvalue weighted by Gasteiger charge is 2.32. The molecule has 2 aromatic carbocycles. The molecular formula is C37H54FNO5S. The lowest BCUT2D eigenvalue weighted by Gasteiger charge is -2.38. The predicted octanol–water partition coefficient (Wildman–Crippen LogP) is 8.26. The van der Waals surface area contributed by atoms with Crippen molar-refractivity contribution in [2.45, 2.75) is 88.6 Å². The van der Waals surface area contributed by atoms with E-state index >= 15 is 0 Å². The summed E-state index contributed by atoms with van der Waals surface area (Å²) in [7, 11) is -0.355. The van der Waals surface area contributed by atoms with Gasteiger partial charge in [0.05, 0.1) is 31.5 Å². The molecule has 1 saturated heterocycles. The predicted molar refractivity (Wildman–Crippen MR) is 180 cm³/mol. The lowest BCUT2D eigenvalue weighted by Crippen LogP contribution is -2.38. The summed E-state index contributed by atoms with van der Waals surface area (Å²) in [4.78, 5) is 2.93. The van der Waals surface area contributed by atoms with Crippen molar-refractivity contribution in [2.24, 2.45) is 17.8 Å². The minimum absolute atomic E-state index is 0.159. The number of alkyl halides is 1. The van der Waals surface area contributed by atoms with Crippen LogP contribution in [0.15, 0.2) is 59.5 Å². The van der Waals surface area contributed by atoms with E-state index in [1.54, 1.807) is 32.2 Å². The van der Waals surface area contributed by atoms with Gasteiger partial charge in [-0.25, -0.2) is 12.8 Å². The Balaban J connectivity index is 1.22. The second-order valence-electron chi connectivity index (χ2n) is 13.2. The third-order valence-electron chi connectivity index (χ3n) is 10.1. The van der Waals surface area contributed by atoms with Gasteiger partial charge in [-0.15, -0.1) is 0 Å². The van der Waals surface area contributed by atoms with Gasteiger partial charge < -0.3 is 19.1 Å². The molecule has 2 aromatic rings. The molecule has 4 rings (SSSR count). The van der Waals surface area contributed by atoms with Crippen molar-refractivity contribution in [3.05, 3.63) is 60.2 Å². The van der Waals surface area contributed by atoms with Gasteiger partial charge in [0, 0.05) is 12.6 Å². The van der Waals surface area contributed by atoms with Gasteiger partial charge in [0.2, 0.25) is 0 Å². The number of ether oxygens (including phenoxy) is 3. The lowest BCUT2D eigenvalue weighted by molar-refractivity contribution is 0.137. The number of halogens is 1. The molecule has 1 aliphatic carbocycles. The van der Waals surface area contributed by atoms with Crippen molar-refractivity contribution in [3.63, 3.8) is 0 Å². The second kappa shape index (κ2) is 16.8. The average molecular weight is 644 g/mol. The van der Waals surface area contributed by atoms with Gasteiger partial charge in [-0.05, 0) is 124 Å². The molecule has 250 valence electrons. The van der Waals surface area contributed by atoms with Crippen LogP contribution in [-0.4, -0.2) is 65.7 Å². The third-order valence-corrected chi connectivity index (χ3v) is 11.9. The van der Waals surface area contributed by atoms with E-state index in [2.05, 4.69) is 36.6 Å². The van der Waals surface area contributed by atoms with E-state index in [1.807, 2.05) is 6.07 Å². The highest BCUT2D eigenvalue weighted by molar-refractivity contribution is 7.91. The molecule has 0 N–H and O–H groups in total. The summed E-state index contributed by atoms with van der Waals surface area (Å²) in [6.45, 7) is 11.4. The lowest BCUT2D eigenvalue weighted by atomic mass is 9.75. The fourth-order valence-corrected chi connectivity index (χ4v) is 9.08. The molecule has 0 spiro atoms. The van der Waals surface area contributed by atoms with E-state index in [0.717, 1.165) is 57.5 Å². The number of nitrogens with zero attached hydrogens (tertiary/aromatic N) is 1. The Morgan fingerprint density at radius 3 is 2.31 bits per heavy atom. The molecule has 8 heteroatoms. The standard InChI is InChI=1S/C37H54FNO5S/c1-6-29(26-45(40,41)32-17-18-36(42-4)37(24-32)43-5)30-15-13-28(14-16-30)25-39-21-19-31(20-22-39)33-10-7-8-12-35(33)44-23-9-11-34(38)27(2)3/h7-8,10,12,17-18,24,28-31,34H,2,6,9,11,13-16,19-23,25-26H2,1,3-5H3. The van der Waals surface area contributed by atoms with Gasteiger partial charge in [-0.3, -0.25) is 0 Å². The molecule has 6 nitrogen and oxygen atoms in total. The van der Waals surface area contributed by atoms with E-state index in [0.29, 0.717) is 59.2 Å². The second-order valence-corrected chi connectivity index (χ2v) is 15.2. The molecule has 45 heavy (non-hydrogen) atoms. The zero-order chi connectivity index (χ0) is 32.4. The summed E-state index contributed by atoms with van der Waals surface area (Å²) in [6, 6.07) is 13.2. The highest BCUT2D eigenvalue weighted by atomic mass is 32.2. The number of allylic oxidation sites excluding steroid dienone is 1. The van der Waals surface area contributed by atoms with Crippen molar-refractivity contribution in [1.29, 1.82) is 0 Å². The maximum absolute atomic E-state index is 13.9. The molecular weight excluding hydrogens is 589 g/mol. The Kier molecular flexibility index (Phi) is 13.2. The minimum Gasteiger partial charge on any atom is -0.493 e. The molecule has 1 heterocycles. The summed E-state index contributed by atoms with van der Waals surface area (Å²) in [5.74, 6) is 3.85. The topological polar surface area (TPSA) is 65.1 Å². The number of hydrogen-bond acceptors (Lipinski definition) is 6. The molecule has 2 aliphatic rings. The van der Waals surface area contributed by atoms with Crippen LogP contribution >= 0.6 is 0 Å². The molecule has 0 aromatic heterocycles. The first-order valence-electron chi connectivity index (χ1n) is 16.8. The molecule has 0 radical (unpaired) electrons. The number of hydrogen-bond donors (Lipinski definition) is 0. The first kappa shape index (κ1) is 35.3. The number of sulfone groups is 1. The Morgan fingerprint density at radius 2 is 1.67 bits per heavy atom. The van der Waals surface area contributed by atoms with Crippen LogP contribution in [0, 0.1) is 17.8 Å². The number of piperidine rings is 1. The van der Waals surface area contributed by atoms with Crippen molar-refractivity contribution < 1.29 is 27.0 Å². The summed E-state index contributed by atoms with van der Waals surface area (Å²) < 4.78 is 57.4. The van der Waals surface area contributed by atoms with Gasteiger partial charge in [-0.1, -0.05) is 38.1 Å². The Hall–Kier alpha value is -2.58. The van der Waals surface area contributed by atoms with Crippen molar-refractivity contribution in [3.8, 4) is 17.2 Å². The highest BCUT2D eigenvalue weighted by Crippen LogP contribution is 2.39. The van der Waals surface area contributed by atoms with Crippen LogP contribution in [-0.2, 0) is 9.84 Å². The molecule has 1 aliphatic heterocycles. The van der Waals surface area contributed by atoms with Crippen LogP contribution in [0.3, 0.4) is 0 Å². The number of rotatable bonds is 16. The van der Waals surface area contributed by atoms with E-state index in [-0.39, 0.29) is 11.7 Å². The summed E-state index contributed by atoms with van der Waals surface area (Å²) in [5, 5.41) is 0. The maximum atomic E-state index is 13.9. The van der Waals surface area contributed by atoms with Gasteiger partial charge >= 0.3 is 0 Å². The van der Waals surface area contributed by atoms with Crippen molar-refractivity contribution in [1.82, 2.24) is 4.90 Å². The molecule has 2 unspecified atom stereocenters. The Bertz CT molecular complexity index is 1330. The summed E-state index contributed by atoms with van der Waals surface area (Å²) in [5.41, 5.74) is 1.86. The van der Waals surface area contributed by atoms with E-state index < -0.39 is 16.0 Å². The normalized spacial score (nSPS) is 21.2. The Morgan fingerprint density at radius 1 is 0.978 bits per heavy atom. The first-order chi connectivity index (χ1) is 21.6. The van der Waals surface area contributed by atoms with E-state index in [1.165, 1.54) is 25.5 Å². The van der Waals surface area contributed by atoms with E-state index in [4.69, 9.17) is 14.2 Å². The number of para-hydroxylation sites is 1. The smallest absolute Gasteiger partial charge is 0.178 e. The van der Waals surface area contributed by atoms with Crippen molar-refractivity contribution >= 4 is 9.84 Å². The fraction of sp³-hybridized carbons (Fsp3) is 0.622. The van der Waals surface area contributed by atoms with Gasteiger partial charge in [0.25, 0.3) is 0 Å². The van der Waals surface area contributed by atoms with Crippen LogP contribution in [0.1, 0.15) is 83.1 Å². The minimum atomic E-state index is -3.43. The SMILES string of the molecule is C=C(C)C(F)CCCOc1ccccc1C1CCN(CC2CCC(C(CC)CS(=O)(=O)c3ccc(OC)c(OC)c3)CC2)CC1. The average Bonchev–Trinajstić information content (AvgIpc) is 3.06. The van der Waals surface area contributed by atoms with Crippen LogP contribution in [0.25, 0.3) is 0 Å². The van der Waals surface area contributed by atoms with Gasteiger partial charge in [0.1, 0.15) is 11.9 Å². The summed E-state index contributed by atoms with van der Waals surface area (Å²) >= 11 is 0. The third kappa shape index (κ3) is 9.71. The van der Waals surface area contributed by atoms with Crippen LogP contribution in [0.4, 0.5) is 4.39 Å². The first-order valence-corrected chi connectivity index (χ1v) is 18.5. The maximum Gasteiger partial charge on any atom is 0.178 e. The number of likely N-dealkylation sites (tertiary alicyclic amines) is 1. The largest absolute Gasteiger partial charge is 0.493 e. The monoisotopic (exact) mass is 643 g/mol.